The topological polar surface area (TPSA) is 54.0 Å². The number of rotatable bonds is 6. The fourth-order valence-corrected chi connectivity index (χ4v) is 2.66. The van der Waals surface area contributed by atoms with Crippen LogP contribution in [0.1, 0.15) is 15.9 Å². The average Bonchev–Trinajstić information content (AvgIpc) is 2.64. The normalized spacial score (nSPS) is 10.4. The van der Waals surface area contributed by atoms with E-state index < -0.39 is 0 Å². The highest BCUT2D eigenvalue weighted by atomic mass is 35.5. The summed E-state index contributed by atoms with van der Waals surface area (Å²) in [5, 5.41) is 6.64. The van der Waals surface area contributed by atoms with Crippen molar-refractivity contribution < 1.29 is 9.18 Å². The molecule has 0 atom stereocenters. The van der Waals surface area contributed by atoms with Gasteiger partial charge in [-0.3, -0.25) is 9.78 Å². The first kappa shape index (κ1) is 17.9. The first-order valence-corrected chi connectivity index (χ1v) is 8.48. The lowest BCUT2D eigenvalue weighted by Crippen LogP contribution is -2.25. The lowest BCUT2D eigenvalue weighted by molar-refractivity contribution is 0.0954. The molecule has 0 spiro atoms. The van der Waals surface area contributed by atoms with E-state index in [0.29, 0.717) is 34.9 Å². The van der Waals surface area contributed by atoms with Gasteiger partial charge in [0.1, 0.15) is 5.82 Å². The number of aromatic nitrogens is 1. The van der Waals surface area contributed by atoms with Gasteiger partial charge < -0.3 is 10.6 Å². The molecule has 1 amide bonds. The van der Waals surface area contributed by atoms with Crippen molar-refractivity contribution in [2.75, 3.05) is 11.9 Å². The Labute approximate surface area is 156 Å². The molecule has 0 bridgehead atoms. The molecule has 0 saturated heterocycles. The minimum Gasteiger partial charge on any atom is -0.354 e. The summed E-state index contributed by atoms with van der Waals surface area (Å²) in [4.78, 5) is 16.4. The number of carbonyl (C=O) groups excluding carboxylic acids is 1. The molecule has 0 radical (unpaired) electrons. The molecule has 0 aliphatic rings. The van der Waals surface area contributed by atoms with E-state index in [9.17, 15) is 9.18 Å². The number of nitrogens with zero attached hydrogens (tertiary/aromatic N) is 1. The van der Waals surface area contributed by atoms with Gasteiger partial charge in [-0.05, 0) is 54.4 Å². The van der Waals surface area contributed by atoms with Crippen LogP contribution in [0.4, 0.5) is 15.8 Å². The van der Waals surface area contributed by atoms with E-state index in [-0.39, 0.29) is 11.7 Å². The Morgan fingerprint density at radius 3 is 2.62 bits per heavy atom. The Kier molecular flexibility index (Phi) is 5.81. The molecule has 0 saturated carbocycles. The van der Waals surface area contributed by atoms with Crippen LogP contribution in [-0.2, 0) is 6.42 Å². The van der Waals surface area contributed by atoms with Gasteiger partial charge in [0.05, 0.1) is 17.4 Å². The second kappa shape index (κ2) is 8.45. The number of benzene rings is 2. The molecule has 0 aliphatic carbocycles. The maximum atomic E-state index is 13.0. The summed E-state index contributed by atoms with van der Waals surface area (Å²) < 4.78 is 13.0. The van der Waals surface area contributed by atoms with Gasteiger partial charge in [0.2, 0.25) is 0 Å². The summed E-state index contributed by atoms with van der Waals surface area (Å²) in [7, 11) is 0. The standard InChI is InChI=1S/C20H17ClFN3O/c21-16-3-1-2-14(10-16)8-9-24-20(26)15-11-19(13-23-12-15)25-18-6-4-17(22)5-7-18/h1-7,10-13,25H,8-9H2,(H,24,26). The Morgan fingerprint density at radius 1 is 1.04 bits per heavy atom. The highest BCUT2D eigenvalue weighted by Gasteiger charge is 2.07. The Bertz CT molecular complexity index is 900. The van der Waals surface area contributed by atoms with E-state index in [4.69, 9.17) is 11.6 Å². The Morgan fingerprint density at radius 2 is 1.85 bits per heavy atom. The van der Waals surface area contributed by atoms with Crippen molar-refractivity contribution in [1.82, 2.24) is 10.3 Å². The highest BCUT2D eigenvalue weighted by Crippen LogP contribution is 2.17. The smallest absolute Gasteiger partial charge is 0.252 e. The molecule has 2 aromatic carbocycles. The van der Waals surface area contributed by atoms with Crippen molar-refractivity contribution in [2.45, 2.75) is 6.42 Å². The fourth-order valence-electron chi connectivity index (χ4n) is 2.45. The van der Waals surface area contributed by atoms with Gasteiger partial charge in [-0.15, -0.1) is 0 Å². The van der Waals surface area contributed by atoms with Gasteiger partial charge >= 0.3 is 0 Å². The minimum atomic E-state index is -0.304. The van der Waals surface area contributed by atoms with E-state index in [2.05, 4.69) is 15.6 Å². The van der Waals surface area contributed by atoms with Crippen LogP contribution in [0.2, 0.25) is 5.02 Å². The lowest BCUT2D eigenvalue weighted by Gasteiger charge is -2.09. The largest absolute Gasteiger partial charge is 0.354 e. The van der Waals surface area contributed by atoms with E-state index in [1.165, 1.54) is 18.3 Å². The van der Waals surface area contributed by atoms with Crippen molar-refractivity contribution in [1.29, 1.82) is 0 Å². The van der Waals surface area contributed by atoms with E-state index >= 15 is 0 Å². The van der Waals surface area contributed by atoms with Crippen LogP contribution >= 0.6 is 11.6 Å². The third kappa shape index (κ3) is 5.04. The van der Waals surface area contributed by atoms with Gasteiger partial charge in [0.25, 0.3) is 5.91 Å². The number of anilines is 2. The maximum Gasteiger partial charge on any atom is 0.252 e. The monoisotopic (exact) mass is 369 g/mol. The number of hydrogen-bond donors (Lipinski definition) is 2. The van der Waals surface area contributed by atoms with Crippen LogP contribution in [0.25, 0.3) is 0 Å². The molecular weight excluding hydrogens is 353 g/mol. The number of pyridine rings is 1. The van der Waals surface area contributed by atoms with E-state index in [1.807, 2.05) is 24.3 Å². The molecule has 0 aliphatic heterocycles. The second-order valence-corrected chi connectivity index (χ2v) is 6.17. The fraction of sp³-hybridized carbons (Fsp3) is 0.100. The predicted molar refractivity (Wildman–Crippen MR) is 101 cm³/mol. The summed E-state index contributed by atoms with van der Waals surface area (Å²) in [6, 6.07) is 15.2. The molecule has 26 heavy (non-hydrogen) atoms. The SMILES string of the molecule is O=C(NCCc1cccc(Cl)c1)c1cncc(Nc2ccc(F)cc2)c1. The zero-order valence-electron chi connectivity index (χ0n) is 13.9. The first-order valence-electron chi connectivity index (χ1n) is 8.10. The summed E-state index contributed by atoms with van der Waals surface area (Å²) in [5.41, 5.74) is 2.87. The highest BCUT2D eigenvalue weighted by molar-refractivity contribution is 6.30. The van der Waals surface area contributed by atoms with Crippen molar-refractivity contribution in [3.63, 3.8) is 0 Å². The minimum absolute atomic E-state index is 0.206. The Hall–Kier alpha value is -2.92. The van der Waals surface area contributed by atoms with Crippen molar-refractivity contribution in [3.05, 3.63) is 89.0 Å². The molecule has 132 valence electrons. The summed E-state index contributed by atoms with van der Waals surface area (Å²) >= 11 is 5.95. The molecule has 3 rings (SSSR count). The van der Waals surface area contributed by atoms with Gasteiger partial charge in [-0.1, -0.05) is 23.7 Å². The second-order valence-electron chi connectivity index (χ2n) is 5.73. The molecular formula is C20H17ClFN3O. The molecule has 4 nitrogen and oxygen atoms in total. The van der Waals surface area contributed by atoms with Gasteiger partial charge in [-0.25, -0.2) is 4.39 Å². The van der Waals surface area contributed by atoms with Gasteiger partial charge in [0.15, 0.2) is 0 Å². The summed E-state index contributed by atoms with van der Waals surface area (Å²) in [6.45, 7) is 0.495. The zero-order chi connectivity index (χ0) is 18.4. The number of halogens is 2. The number of hydrogen-bond acceptors (Lipinski definition) is 3. The van der Waals surface area contributed by atoms with Crippen LogP contribution in [0.5, 0.6) is 0 Å². The summed E-state index contributed by atoms with van der Waals surface area (Å²) in [6.07, 6.45) is 3.80. The molecule has 2 N–H and O–H groups in total. The van der Waals surface area contributed by atoms with Crippen LogP contribution in [0.3, 0.4) is 0 Å². The molecule has 0 unspecified atom stereocenters. The summed E-state index contributed by atoms with van der Waals surface area (Å²) in [5.74, 6) is -0.510. The van der Waals surface area contributed by atoms with Crippen molar-refractivity contribution >= 4 is 28.9 Å². The van der Waals surface area contributed by atoms with Crippen LogP contribution in [-0.4, -0.2) is 17.4 Å². The third-order valence-corrected chi connectivity index (χ3v) is 3.96. The predicted octanol–water partition coefficient (Wildman–Crippen LogP) is 4.59. The van der Waals surface area contributed by atoms with Crippen LogP contribution < -0.4 is 10.6 Å². The maximum absolute atomic E-state index is 13.0. The molecule has 3 aromatic rings. The zero-order valence-corrected chi connectivity index (χ0v) is 14.6. The average molecular weight is 370 g/mol. The molecule has 1 aromatic heterocycles. The molecule has 0 fully saturated rings. The van der Waals surface area contributed by atoms with Crippen molar-refractivity contribution in [2.24, 2.45) is 0 Å². The number of nitrogens with one attached hydrogen (secondary N) is 2. The quantitative estimate of drug-likeness (QED) is 0.668. The molecule has 1 heterocycles. The van der Waals surface area contributed by atoms with E-state index in [0.717, 1.165) is 5.56 Å². The third-order valence-electron chi connectivity index (χ3n) is 3.72. The van der Waals surface area contributed by atoms with Crippen LogP contribution in [0.15, 0.2) is 67.0 Å². The van der Waals surface area contributed by atoms with Crippen molar-refractivity contribution in [3.8, 4) is 0 Å². The van der Waals surface area contributed by atoms with Crippen LogP contribution in [0, 0.1) is 5.82 Å². The number of amides is 1. The van der Waals surface area contributed by atoms with E-state index in [1.54, 1.807) is 24.4 Å². The van der Waals surface area contributed by atoms with Gasteiger partial charge in [0, 0.05) is 23.5 Å². The first-order chi connectivity index (χ1) is 12.6. The van der Waals surface area contributed by atoms with Gasteiger partial charge in [-0.2, -0.15) is 0 Å². The number of carbonyl (C=O) groups is 1. The molecule has 6 heteroatoms. The Balaban J connectivity index is 1.58. The lowest BCUT2D eigenvalue weighted by atomic mass is 10.1.